The quantitative estimate of drug-likeness (QED) is 0.0388. The van der Waals surface area contributed by atoms with Crippen molar-refractivity contribution in [3.05, 3.63) is 119 Å². The third-order valence-corrected chi connectivity index (χ3v) is 10.6. The maximum absolute atomic E-state index is 13.9. The third kappa shape index (κ3) is 5.73. The highest BCUT2D eigenvalue weighted by Gasteiger charge is 2.49. The first-order chi connectivity index (χ1) is 23.4. The lowest BCUT2D eigenvalue weighted by atomic mass is 9.96. The van der Waals surface area contributed by atoms with Crippen LogP contribution in [0.15, 0.2) is 95.0 Å². The van der Waals surface area contributed by atoms with Gasteiger partial charge in [0.05, 0.1) is 23.9 Å². The molecule has 0 bridgehead atoms. The van der Waals surface area contributed by atoms with Crippen LogP contribution in [0.4, 0.5) is 5.13 Å². The van der Waals surface area contributed by atoms with Gasteiger partial charge in [-0.25, -0.2) is 4.98 Å². The summed E-state index contributed by atoms with van der Waals surface area (Å²) in [7, 11) is 0. The van der Waals surface area contributed by atoms with Crippen LogP contribution in [0.5, 0.6) is 5.75 Å². The smallest absolute Gasteiger partial charge is 0.301 e. The SMILES string of the molecule is CCCCOc1cccc(C2C(=C(O)c3nc4c(C)cccn4c3C)C(=O)C(=O)N2c2nnc(SCc3cccc4ccccc34)s2)c1. The van der Waals surface area contributed by atoms with Gasteiger partial charge in [-0.3, -0.25) is 14.5 Å². The molecule has 4 heterocycles. The average molecular weight is 676 g/mol. The summed E-state index contributed by atoms with van der Waals surface area (Å²) in [6.07, 6.45) is 3.72. The van der Waals surface area contributed by atoms with Gasteiger partial charge >= 0.3 is 5.91 Å². The van der Waals surface area contributed by atoms with Crippen molar-refractivity contribution in [2.45, 2.75) is 49.7 Å². The summed E-state index contributed by atoms with van der Waals surface area (Å²) in [5.74, 6) is -0.688. The van der Waals surface area contributed by atoms with Crippen LogP contribution in [0.2, 0.25) is 0 Å². The van der Waals surface area contributed by atoms with E-state index in [0.29, 0.717) is 39.4 Å². The third-order valence-electron chi connectivity index (χ3n) is 8.53. The lowest BCUT2D eigenvalue weighted by Gasteiger charge is -2.23. The predicted molar refractivity (Wildman–Crippen MR) is 190 cm³/mol. The number of aliphatic hydroxyl groups excluding tert-OH is 1. The lowest BCUT2D eigenvalue weighted by molar-refractivity contribution is -0.132. The number of aliphatic hydroxyl groups is 1. The molecule has 0 spiro atoms. The second-order valence-electron chi connectivity index (χ2n) is 11.7. The molecule has 1 unspecified atom stereocenters. The fourth-order valence-electron chi connectivity index (χ4n) is 6.04. The van der Waals surface area contributed by atoms with Crippen LogP contribution in [-0.2, 0) is 15.3 Å². The number of carbonyl (C=O) groups excluding carboxylic acids is 2. The van der Waals surface area contributed by atoms with Crippen LogP contribution in [0.3, 0.4) is 0 Å². The van der Waals surface area contributed by atoms with Crippen molar-refractivity contribution >= 4 is 62.1 Å². The minimum Gasteiger partial charge on any atom is -0.505 e. The molecule has 6 aromatic rings. The largest absolute Gasteiger partial charge is 0.505 e. The molecule has 11 heteroatoms. The molecule has 1 saturated heterocycles. The van der Waals surface area contributed by atoms with Gasteiger partial charge in [0.25, 0.3) is 5.78 Å². The molecule has 48 heavy (non-hydrogen) atoms. The Kier molecular flexibility index (Phi) is 8.72. The van der Waals surface area contributed by atoms with Crippen molar-refractivity contribution in [3.63, 3.8) is 0 Å². The fourth-order valence-corrected chi connectivity index (χ4v) is 7.92. The number of ketones is 1. The Morgan fingerprint density at radius 1 is 1.00 bits per heavy atom. The van der Waals surface area contributed by atoms with E-state index in [4.69, 9.17) is 9.72 Å². The van der Waals surface area contributed by atoms with Crippen LogP contribution < -0.4 is 9.64 Å². The van der Waals surface area contributed by atoms with E-state index in [9.17, 15) is 14.7 Å². The van der Waals surface area contributed by atoms with Crippen LogP contribution in [-0.4, -0.2) is 43.0 Å². The number of hydrogen-bond acceptors (Lipinski definition) is 9. The summed E-state index contributed by atoms with van der Waals surface area (Å²) in [5.41, 5.74) is 4.16. The highest BCUT2D eigenvalue weighted by atomic mass is 32.2. The topological polar surface area (TPSA) is 110 Å². The summed E-state index contributed by atoms with van der Waals surface area (Å²) in [6, 6.07) is 24.6. The van der Waals surface area contributed by atoms with Crippen LogP contribution in [0, 0.1) is 13.8 Å². The Morgan fingerprint density at radius 3 is 2.65 bits per heavy atom. The highest BCUT2D eigenvalue weighted by molar-refractivity contribution is 8.00. The first-order valence-corrected chi connectivity index (χ1v) is 17.6. The molecule has 1 aliphatic rings. The number of benzene rings is 3. The number of rotatable bonds is 10. The lowest BCUT2D eigenvalue weighted by Crippen LogP contribution is -2.29. The van der Waals surface area contributed by atoms with Crippen LogP contribution in [0.25, 0.3) is 22.2 Å². The minimum absolute atomic E-state index is 0.0602. The molecule has 9 nitrogen and oxygen atoms in total. The minimum atomic E-state index is -0.978. The van der Waals surface area contributed by atoms with Gasteiger partial charge in [-0.1, -0.05) is 97.1 Å². The van der Waals surface area contributed by atoms with E-state index in [1.165, 1.54) is 33.4 Å². The molecule has 3 aromatic heterocycles. The first-order valence-electron chi connectivity index (χ1n) is 15.8. The number of amides is 1. The van der Waals surface area contributed by atoms with Gasteiger partial charge in [0.1, 0.15) is 17.1 Å². The summed E-state index contributed by atoms with van der Waals surface area (Å²) < 4.78 is 8.51. The summed E-state index contributed by atoms with van der Waals surface area (Å²) in [5, 5.41) is 23.2. The molecule has 1 amide bonds. The second-order valence-corrected chi connectivity index (χ2v) is 13.8. The normalized spacial score (nSPS) is 16.0. The number of anilines is 1. The summed E-state index contributed by atoms with van der Waals surface area (Å²) in [4.78, 5) is 33.8. The van der Waals surface area contributed by atoms with E-state index in [2.05, 4.69) is 41.4 Å². The number of aromatic nitrogens is 4. The van der Waals surface area contributed by atoms with Gasteiger partial charge in [0, 0.05) is 11.9 Å². The van der Waals surface area contributed by atoms with Crippen molar-refractivity contribution in [1.82, 2.24) is 19.6 Å². The van der Waals surface area contributed by atoms with Crippen molar-refractivity contribution in [1.29, 1.82) is 0 Å². The van der Waals surface area contributed by atoms with E-state index in [-0.39, 0.29) is 22.2 Å². The van der Waals surface area contributed by atoms with Gasteiger partial charge in [0.2, 0.25) is 5.13 Å². The zero-order chi connectivity index (χ0) is 33.4. The molecule has 0 radical (unpaired) electrons. The molecule has 3 aromatic carbocycles. The van der Waals surface area contributed by atoms with Gasteiger partial charge in [-0.2, -0.15) is 0 Å². The van der Waals surface area contributed by atoms with Gasteiger partial charge in [-0.05, 0) is 65.9 Å². The molecular formula is C37H33N5O4S2. The number of unbranched alkanes of at least 4 members (excludes halogenated alkanes) is 1. The molecule has 7 rings (SSSR count). The van der Waals surface area contributed by atoms with Crippen LogP contribution in [0.1, 0.15) is 53.9 Å². The molecule has 0 aliphatic carbocycles. The summed E-state index contributed by atoms with van der Waals surface area (Å²) in [6.45, 7) is 6.38. The van der Waals surface area contributed by atoms with Crippen LogP contribution >= 0.6 is 23.1 Å². The summed E-state index contributed by atoms with van der Waals surface area (Å²) >= 11 is 2.76. The van der Waals surface area contributed by atoms with E-state index in [1.807, 2.05) is 79.0 Å². The van der Waals surface area contributed by atoms with Crippen molar-refractivity contribution < 1.29 is 19.4 Å². The number of nitrogens with zero attached hydrogens (tertiary/aromatic N) is 5. The maximum Gasteiger partial charge on any atom is 0.301 e. The number of imidazole rings is 1. The van der Waals surface area contributed by atoms with Crippen molar-refractivity contribution in [2.24, 2.45) is 0 Å². The first kappa shape index (κ1) is 31.6. The fraction of sp³-hybridized carbons (Fsp3) is 0.216. The van der Waals surface area contributed by atoms with E-state index in [1.54, 1.807) is 0 Å². The number of fused-ring (bicyclic) bond motifs is 2. The standard InChI is InChI=1S/C37H33N5O4S2/c1-4-5-19-46-27-16-9-14-25(20-27)31-29(32(43)30-23(3)41-18-10-11-22(2)34(41)38-30)33(44)35(45)42(31)36-39-40-37(48-36)47-21-26-15-8-13-24-12-6-7-17-28(24)26/h6-18,20,31,43H,4-5,19,21H2,1-3H3. The molecule has 1 aliphatic heterocycles. The van der Waals surface area contributed by atoms with Crippen molar-refractivity contribution in [2.75, 3.05) is 11.5 Å². The van der Waals surface area contributed by atoms with E-state index >= 15 is 0 Å². The number of ether oxygens (including phenoxy) is 1. The zero-order valence-corrected chi connectivity index (χ0v) is 28.3. The predicted octanol–water partition coefficient (Wildman–Crippen LogP) is 8.05. The Hall–Kier alpha value is -5.00. The number of pyridine rings is 1. The molecule has 242 valence electrons. The average Bonchev–Trinajstić information content (AvgIpc) is 3.78. The number of hydrogen-bond donors (Lipinski definition) is 1. The maximum atomic E-state index is 13.9. The van der Waals surface area contributed by atoms with Gasteiger partial charge in [0.15, 0.2) is 10.1 Å². The molecule has 1 N–H and O–H groups in total. The van der Waals surface area contributed by atoms with Crippen molar-refractivity contribution in [3.8, 4) is 5.75 Å². The highest BCUT2D eigenvalue weighted by Crippen LogP contribution is 2.45. The second kappa shape index (κ2) is 13.2. The molecule has 1 atom stereocenters. The van der Waals surface area contributed by atoms with E-state index in [0.717, 1.165) is 29.4 Å². The molecule has 0 saturated carbocycles. The monoisotopic (exact) mass is 675 g/mol. The Morgan fingerprint density at radius 2 is 1.81 bits per heavy atom. The van der Waals surface area contributed by atoms with Gasteiger partial charge in [-0.15, -0.1) is 10.2 Å². The molecule has 1 fully saturated rings. The number of aryl methyl sites for hydroxylation is 2. The van der Waals surface area contributed by atoms with Gasteiger partial charge < -0.3 is 14.2 Å². The number of Topliss-reactive ketones (excluding diaryl/α,β-unsaturated/α-hetero) is 1. The Balaban J connectivity index is 1.29. The molecular weight excluding hydrogens is 643 g/mol. The number of thioether (sulfide) groups is 1. The zero-order valence-electron chi connectivity index (χ0n) is 26.7. The van der Waals surface area contributed by atoms with E-state index < -0.39 is 17.7 Å². The number of carbonyl (C=O) groups is 2. The Labute approximate surface area is 285 Å². The Bertz CT molecular complexity index is 2220.